The van der Waals surface area contributed by atoms with Gasteiger partial charge in [-0.05, 0) is 44.0 Å². The maximum Gasteiger partial charge on any atom is 0.317 e. The highest BCUT2D eigenvalue weighted by molar-refractivity contribution is 9.10. The average Bonchev–Trinajstić information content (AvgIpc) is 2.42. The Bertz CT molecular complexity index is 571. The highest BCUT2D eigenvalue weighted by Gasteiger charge is 2.34. The van der Waals surface area contributed by atoms with Gasteiger partial charge < -0.3 is 10.4 Å². The number of halogens is 1. The average molecular weight is 369 g/mol. The Morgan fingerprint density at radius 1 is 1.41 bits per heavy atom. The minimum atomic E-state index is -0.806. The summed E-state index contributed by atoms with van der Waals surface area (Å²) in [6.45, 7) is 4.64. The van der Waals surface area contributed by atoms with Gasteiger partial charge in [0.05, 0.1) is 6.54 Å². The Morgan fingerprint density at radius 3 is 2.68 bits per heavy atom. The fourth-order valence-corrected chi connectivity index (χ4v) is 3.14. The van der Waals surface area contributed by atoms with E-state index in [4.69, 9.17) is 5.11 Å². The zero-order valence-corrected chi connectivity index (χ0v) is 14.4. The molecule has 22 heavy (non-hydrogen) atoms. The van der Waals surface area contributed by atoms with E-state index in [1.807, 2.05) is 36.9 Å². The fraction of sp³-hybridized carbons (Fsp3) is 0.500. The van der Waals surface area contributed by atoms with Crippen molar-refractivity contribution in [2.24, 2.45) is 0 Å². The topological polar surface area (TPSA) is 69.6 Å². The zero-order chi connectivity index (χ0) is 16.3. The molecule has 120 valence electrons. The van der Waals surface area contributed by atoms with Crippen LogP contribution < -0.4 is 5.32 Å². The van der Waals surface area contributed by atoms with Gasteiger partial charge in [-0.15, -0.1) is 0 Å². The molecular formula is C16H21BrN2O3. The Labute approximate surface area is 138 Å². The number of carboxylic acids is 1. The van der Waals surface area contributed by atoms with Crippen molar-refractivity contribution in [3.05, 3.63) is 33.8 Å². The van der Waals surface area contributed by atoms with Crippen LogP contribution in [-0.2, 0) is 4.79 Å². The third-order valence-corrected chi connectivity index (χ3v) is 4.65. The molecule has 0 bridgehead atoms. The van der Waals surface area contributed by atoms with Crippen LogP contribution in [0.3, 0.4) is 0 Å². The molecule has 0 radical (unpaired) electrons. The van der Waals surface area contributed by atoms with Crippen molar-refractivity contribution in [3.63, 3.8) is 0 Å². The summed E-state index contributed by atoms with van der Waals surface area (Å²) in [5.41, 5.74) is 1.62. The summed E-state index contributed by atoms with van der Waals surface area (Å²) in [4.78, 5) is 25.1. The number of nitrogens with zero attached hydrogens (tertiary/aromatic N) is 1. The van der Waals surface area contributed by atoms with Crippen LogP contribution in [0.4, 0.5) is 0 Å². The minimum absolute atomic E-state index is 0.0621. The van der Waals surface area contributed by atoms with Gasteiger partial charge in [-0.2, -0.15) is 0 Å². The summed E-state index contributed by atoms with van der Waals surface area (Å²) in [7, 11) is 0. The lowest BCUT2D eigenvalue weighted by molar-refractivity contribution is -0.139. The second-order valence-corrected chi connectivity index (χ2v) is 6.63. The van der Waals surface area contributed by atoms with Gasteiger partial charge in [0.1, 0.15) is 0 Å². The molecule has 1 aliphatic carbocycles. The lowest BCUT2D eigenvalue weighted by Gasteiger charge is -2.42. The van der Waals surface area contributed by atoms with E-state index < -0.39 is 5.97 Å². The standard InChI is InChI=1S/C16H21BrN2O3/c1-3-19(9-15(20)21)13-7-12(8-13)18-16(22)14-6-11(17)5-4-10(14)2/h4-6,12-13H,3,7-9H2,1-2H3,(H,18,22)(H,20,21). The largest absolute Gasteiger partial charge is 0.480 e. The van der Waals surface area contributed by atoms with Crippen LogP contribution in [0.2, 0.25) is 0 Å². The molecule has 1 aliphatic rings. The van der Waals surface area contributed by atoms with Gasteiger partial charge in [-0.3, -0.25) is 14.5 Å². The first-order valence-electron chi connectivity index (χ1n) is 7.43. The second-order valence-electron chi connectivity index (χ2n) is 5.71. The molecule has 2 N–H and O–H groups in total. The molecule has 1 fully saturated rings. The first kappa shape index (κ1) is 17.0. The second kappa shape index (κ2) is 7.24. The summed E-state index contributed by atoms with van der Waals surface area (Å²) in [6, 6.07) is 6.02. The van der Waals surface area contributed by atoms with Gasteiger partial charge >= 0.3 is 5.97 Å². The molecule has 1 saturated carbocycles. The van der Waals surface area contributed by atoms with Gasteiger partial charge in [0.25, 0.3) is 5.91 Å². The Kier molecular flexibility index (Phi) is 5.58. The van der Waals surface area contributed by atoms with Crippen LogP contribution in [-0.4, -0.2) is 47.1 Å². The number of hydrogen-bond acceptors (Lipinski definition) is 3. The van der Waals surface area contributed by atoms with Crippen LogP contribution >= 0.6 is 15.9 Å². The molecule has 1 aromatic carbocycles. The number of benzene rings is 1. The predicted octanol–water partition coefficient (Wildman–Crippen LogP) is 2.42. The predicted molar refractivity (Wildman–Crippen MR) is 88.0 cm³/mol. The SMILES string of the molecule is CCN(CC(=O)O)C1CC(NC(=O)c2cc(Br)ccc2C)C1. The Hall–Kier alpha value is -1.40. The highest BCUT2D eigenvalue weighted by Crippen LogP contribution is 2.26. The quantitative estimate of drug-likeness (QED) is 0.808. The Balaban J connectivity index is 1.88. The number of nitrogens with one attached hydrogen (secondary N) is 1. The van der Waals surface area contributed by atoms with E-state index >= 15 is 0 Å². The number of aliphatic carboxylic acids is 1. The lowest BCUT2D eigenvalue weighted by atomic mass is 9.85. The van der Waals surface area contributed by atoms with Crippen LogP contribution in [0.1, 0.15) is 35.7 Å². The number of carboxylic acid groups (broad SMARTS) is 1. The van der Waals surface area contributed by atoms with Crippen molar-refractivity contribution in [2.75, 3.05) is 13.1 Å². The Morgan fingerprint density at radius 2 is 2.09 bits per heavy atom. The third-order valence-electron chi connectivity index (χ3n) is 4.15. The molecule has 5 nitrogen and oxygen atoms in total. The summed E-state index contributed by atoms with van der Waals surface area (Å²) < 4.78 is 0.883. The molecular weight excluding hydrogens is 348 g/mol. The minimum Gasteiger partial charge on any atom is -0.480 e. The number of aryl methyl sites for hydroxylation is 1. The van der Waals surface area contributed by atoms with Gasteiger partial charge in [-0.1, -0.05) is 28.9 Å². The van der Waals surface area contributed by atoms with Crippen LogP contribution in [0, 0.1) is 6.92 Å². The molecule has 0 aliphatic heterocycles. The molecule has 0 atom stereocenters. The number of rotatable bonds is 6. The van der Waals surface area contributed by atoms with Gasteiger partial charge in [-0.25, -0.2) is 0 Å². The van der Waals surface area contributed by atoms with E-state index in [1.54, 1.807) is 0 Å². The molecule has 1 aromatic rings. The van der Waals surface area contributed by atoms with E-state index in [2.05, 4.69) is 21.2 Å². The number of amides is 1. The number of hydrogen-bond donors (Lipinski definition) is 2. The molecule has 1 amide bonds. The first-order valence-corrected chi connectivity index (χ1v) is 8.22. The van der Waals surface area contributed by atoms with Gasteiger partial charge in [0.2, 0.25) is 0 Å². The van der Waals surface area contributed by atoms with Crippen LogP contribution in [0.5, 0.6) is 0 Å². The fourth-order valence-electron chi connectivity index (χ4n) is 2.78. The molecule has 6 heteroatoms. The monoisotopic (exact) mass is 368 g/mol. The summed E-state index contributed by atoms with van der Waals surface area (Å²) in [5, 5.41) is 11.9. The summed E-state index contributed by atoms with van der Waals surface area (Å²) >= 11 is 3.38. The number of carbonyl (C=O) groups excluding carboxylic acids is 1. The molecule has 0 aromatic heterocycles. The van der Waals surface area contributed by atoms with Crippen molar-refractivity contribution < 1.29 is 14.7 Å². The van der Waals surface area contributed by atoms with Gasteiger partial charge in [0.15, 0.2) is 0 Å². The number of carbonyl (C=O) groups is 2. The number of likely N-dealkylation sites (N-methyl/N-ethyl adjacent to an activating group) is 1. The molecule has 0 saturated heterocycles. The molecule has 0 spiro atoms. The summed E-state index contributed by atoms with van der Waals surface area (Å²) in [6.07, 6.45) is 1.61. The first-order chi connectivity index (χ1) is 10.4. The normalized spacial score (nSPS) is 20.5. The third kappa shape index (κ3) is 4.08. The highest BCUT2D eigenvalue weighted by atomic mass is 79.9. The van der Waals surface area contributed by atoms with Crippen molar-refractivity contribution in [1.82, 2.24) is 10.2 Å². The van der Waals surface area contributed by atoms with E-state index in [0.29, 0.717) is 12.1 Å². The van der Waals surface area contributed by atoms with Crippen LogP contribution in [0.15, 0.2) is 22.7 Å². The van der Waals surface area contributed by atoms with Gasteiger partial charge in [0, 0.05) is 22.1 Å². The molecule has 0 heterocycles. The lowest BCUT2D eigenvalue weighted by Crippen LogP contribution is -2.54. The maximum absolute atomic E-state index is 12.3. The van der Waals surface area contributed by atoms with E-state index in [0.717, 1.165) is 22.9 Å². The summed E-state index contributed by atoms with van der Waals surface area (Å²) in [5.74, 6) is -0.873. The van der Waals surface area contributed by atoms with Crippen molar-refractivity contribution in [2.45, 2.75) is 38.8 Å². The van der Waals surface area contributed by atoms with E-state index in [-0.39, 0.29) is 24.5 Å². The van der Waals surface area contributed by atoms with Crippen molar-refractivity contribution >= 4 is 27.8 Å². The molecule has 2 rings (SSSR count). The molecule has 0 unspecified atom stereocenters. The van der Waals surface area contributed by atoms with Crippen LogP contribution in [0.25, 0.3) is 0 Å². The smallest absolute Gasteiger partial charge is 0.317 e. The van der Waals surface area contributed by atoms with E-state index in [9.17, 15) is 9.59 Å². The zero-order valence-electron chi connectivity index (χ0n) is 12.8. The van der Waals surface area contributed by atoms with E-state index in [1.165, 1.54) is 0 Å². The maximum atomic E-state index is 12.3. The van der Waals surface area contributed by atoms with Crippen molar-refractivity contribution in [1.29, 1.82) is 0 Å². The van der Waals surface area contributed by atoms with Crippen molar-refractivity contribution in [3.8, 4) is 0 Å².